The first-order chi connectivity index (χ1) is 5.16. The molecule has 0 amide bonds. The Morgan fingerprint density at radius 1 is 1.55 bits per heavy atom. The SMILES string of the molecule is CCCCOC(=O)C=C(Cl)Cl. The summed E-state index contributed by atoms with van der Waals surface area (Å²) in [5, 5.41) is 0. The van der Waals surface area contributed by atoms with Crippen molar-refractivity contribution in [3.8, 4) is 0 Å². The van der Waals surface area contributed by atoms with Gasteiger partial charge in [-0.05, 0) is 6.42 Å². The van der Waals surface area contributed by atoms with Crippen LogP contribution in [0.15, 0.2) is 10.6 Å². The molecule has 0 spiro atoms. The van der Waals surface area contributed by atoms with E-state index >= 15 is 0 Å². The monoisotopic (exact) mass is 196 g/mol. The highest BCUT2D eigenvalue weighted by Gasteiger charge is 1.97. The van der Waals surface area contributed by atoms with E-state index in [9.17, 15) is 4.79 Å². The number of halogens is 2. The molecule has 0 aliphatic rings. The van der Waals surface area contributed by atoms with Crippen LogP contribution in [0.2, 0.25) is 0 Å². The molecule has 0 aliphatic heterocycles. The molecule has 0 unspecified atom stereocenters. The topological polar surface area (TPSA) is 26.3 Å². The Morgan fingerprint density at radius 3 is 2.64 bits per heavy atom. The van der Waals surface area contributed by atoms with Crippen LogP contribution in [-0.2, 0) is 9.53 Å². The number of rotatable bonds is 4. The van der Waals surface area contributed by atoms with E-state index in [4.69, 9.17) is 27.9 Å². The van der Waals surface area contributed by atoms with Crippen LogP contribution >= 0.6 is 23.2 Å². The van der Waals surface area contributed by atoms with Crippen LogP contribution in [0.5, 0.6) is 0 Å². The van der Waals surface area contributed by atoms with E-state index in [0.29, 0.717) is 6.61 Å². The first-order valence-corrected chi connectivity index (χ1v) is 4.12. The number of carbonyl (C=O) groups excluding carboxylic acids is 1. The third-order valence-corrected chi connectivity index (χ3v) is 1.19. The first-order valence-electron chi connectivity index (χ1n) is 3.36. The van der Waals surface area contributed by atoms with E-state index in [2.05, 4.69) is 0 Å². The van der Waals surface area contributed by atoms with Crippen molar-refractivity contribution in [1.82, 2.24) is 0 Å². The maximum absolute atomic E-state index is 10.7. The molecule has 0 saturated carbocycles. The Bertz CT molecular complexity index is 151. The molecule has 4 heteroatoms. The van der Waals surface area contributed by atoms with E-state index in [1.54, 1.807) is 0 Å². The first kappa shape index (κ1) is 10.8. The lowest BCUT2D eigenvalue weighted by molar-refractivity contribution is -0.137. The van der Waals surface area contributed by atoms with Crippen molar-refractivity contribution >= 4 is 29.2 Å². The van der Waals surface area contributed by atoms with Gasteiger partial charge in [0.25, 0.3) is 0 Å². The van der Waals surface area contributed by atoms with E-state index < -0.39 is 5.97 Å². The molecule has 0 fully saturated rings. The average Bonchev–Trinajstić information content (AvgIpc) is 1.86. The summed E-state index contributed by atoms with van der Waals surface area (Å²) in [6, 6.07) is 0. The third kappa shape index (κ3) is 7.69. The van der Waals surface area contributed by atoms with Crippen LogP contribution in [0, 0.1) is 0 Å². The standard InChI is InChI=1S/C7H10Cl2O2/c1-2-3-4-11-7(10)5-6(8)9/h5H,2-4H2,1H3. The van der Waals surface area contributed by atoms with E-state index in [-0.39, 0.29) is 4.49 Å². The van der Waals surface area contributed by atoms with Crippen LogP contribution in [0.1, 0.15) is 19.8 Å². The number of esters is 1. The molecule has 0 aromatic carbocycles. The van der Waals surface area contributed by atoms with Crippen molar-refractivity contribution in [2.24, 2.45) is 0 Å². The van der Waals surface area contributed by atoms with Gasteiger partial charge < -0.3 is 4.74 Å². The zero-order chi connectivity index (χ0) is 8.69. The largest absolute Gasteiger partial charge is 0.462 e. The Labute approximate surface area is 76.1 Å². The van der Waals surface area contributed by atoms with Gasteiger partial charge in [0.15, 0.2) is 0 Å². The van der Waals surface area contributed by atoms with Crippen molar-refractivity contribution in [1.29, 1.82) is 0 Å². The molecular weight excluding hydrogens is 187 g/mol. The van der Waals surface area contributed by atoms with Crippen molar-refractivity contribution in [3.63, 3.8) is 0 Å². The zero-order valence-electron chi connectivity index (χ0n) is 6.27. The van der Waals surface area contributed by atoms with Crippen LogP contribution in [0.3, 0.4) is 0 Å². The molecule has 0 bridgehead atoms. The normalized spacial score (nSPS) is 9.00. The van der Waals surface area contributed by atoms with Crippen LogP contribution in [0.4, 0.5) is 0 Å². The number of ether oxygens (including phenoxy) is 1. The lowest BCUT2D eigenvalue weighted by Crippen LogP contribution is -2.01. The van der Waals surface area contributed by atoms with Gasteiger partial charge in [-0.2, -0.15) is 0 Å². The second-order valence-corrected chi connectivity index (χ2v) is 2.96. The highest BCUT2D eigenvalue weighted by Crippen LogP contribution is 2.05. The van der Waals surface area contributed by atoms with Crippen molar-refractivity contribution in [2.45, 2.75) is 19.8 Å². The highest BCUT2D eigenvalue weighted by molar-refractivity contribution is 6.56. The van der Waals surface area contributed by atoms with E-state index in [0.717, 1.165) is 18.9 Å². The van der Waals surface area contributed by atoms with Gasteiger partial charge >= 0.3 is 5.97 Å². The molecule has 0 aliphatic carbocycles. The van der Waals surface area contributed by atoms with Crippen molar-refractivity contribution in [2.75, 3.05) is 6.61 Å². The second-order valence-electron chi connectivity index (χ2n) is 1.96. The maximum atomic E-state index is 10.7. The summed E-state index contributed by atoms with van der Waals surface area (Å²) in [7, 11) is 0. The molecule has 0 atom stereocenters. The zero-order valence-corrected chi connectivity index (χ0v) is 7.78. The number of hydrogen-bond donors (Lipinski definition) is 0. The molecule has 2 nitrogen and oxygen atoms in total. The minimum Gasteiger partial charge on any atom is -0.462 e. The predicted molar refractivity (Wildman–Crippen MR) is 45.7 cm³/mol. The van der Waals surface area contributed by atoms with Crippen LogP contribution < -0.4 is 0 Å². The molecule has 0 rings (SSSR count). The fourth-order valence-corrected chi connectivity index (χ4v) is 0.626. The Hall–Kier alpha value is -0.210. The van der Waals surface area contributed by atoms with Gasteiger partial charge in [0, 0.05) is 0 Å². The smallest absolute Gasteiger partial charge is 0.333 e. The highest BCUT2D eigenvalue weighted by atomic mass is 35.5. The summed E-state index contributed by atoms with van der Waals surface area (Å²) in [5.74, 6) is -0.488. The van der Waals surface area contributed by atoms with Crippen LogP contribution in [0.25, 0.3) is 0 Å². The molecule has 0 aromatic heterocycles. The Balaban J connectivity index is 3.46. The number of hydrogen-bond acceptors (Lipinski definition) is 2. The summed E-state index contributed by atoms with van der Waals surface area (Å²) < 4.78 is 4.63. The fourth-order valence-electron chi connectivity index (χ4n) is 0.448. The van der Waals surface area contributed by atoms with Crippen molar-refractivity contribution < 1.29 is 9.53 Å². The fraction of sp³-hybridized carbons (Fsp3) is 0.571. The van der Waals surface area contributed by atoms with Gasteiger partial charge in [0.05, 0.1) is 12.7 Å². The molecule has 0 radical (unpaired) electrons. The van der Waals surface area contributed by atoms with Gasteiger partial charge in [0.1, 0.15) is 4.49 Å². The summed E-state index contributed by atoms with van der Waals surface area (Å²) in [6.07, 6.45) is 2.89. The maximum Gasteiger partial charge on any atom is 0.333 e. The van der Waals surface area contributed by atoms with Crippen molar-refractivity contribution in [3.05, 3.63) is 10.6 Å². The molecule has 64 valence electrons. The number of unbranched alkanes of at least 4 members (excludes halogenated alkanes) is 1. The Morgan fingerprint density at radius 2 is 2.18 bits per heavy atom. The van der Waals surface area contributed by atoms with Gasteiger partial charge in [0.2, 0.25) is 0 Å². The van der Waals surface area contributed by atoms with E-state index in [1.165, 1.54) is 0 Å². The molecule has 0 heterocycles. The lowest BCUT2D eigenvalue weighted by Gasteiger charge is -1.98. The summed E-state index contributed by atoms with van der Waals surface area (Å²) >= 11 is 10.4. The third-order valence-electron chi connectivity index (χ3n) is 0.969. The average molecular weight is 197 g/mol. The summed E-state index contributed by atoms with van der Waals surface area (Å²) in [5.41, 5.74) is 0. The van der Waals surface area contributed by atoms with E-state index in [1.807, 2.05) is 6.92 Å². The Kier molecular flexibility index (Phi) is 6.37. The summed E-state index contributed by atoms with van der Waals surface area (Å²) in [6.45, 7) is 2.44. The molecule has 0 N–H and O–H groups in total. The number of carbonyl (C=O) groups is 1. The van der Waals surface area contributed by atoms with Gasteiger partial charge in [-0.25, -0.2) is 4.79 Å². The quantitative estimate of drug-likeness (QED) is 0.393. The minimum absolute atomic E-state index is 0.0773. The minimum atomic E-state index is -0.488. The molecule has 11 heavy (non-hydrogen) atoms. The van der Waals surface area contributed by atoms with Gasteiger partial charge in [-0.1, -0.05) is 36.5 Å². The predicted octanol–water partition coefficient (Wildman–Crippen LogP) is 2.65. The lowest BCUT2D eigenvalue weighted by atomic mass is 10.4. The summed E-state index contributed by atoms with van der Waals surface area (Å²) in [4.78, 5) is 10.7. The van der Waals surface area contributed by atoms with Gasteiger partial charge in [-0.15, -0.1) is 0 Å². The second kappa shape index (κ2) is 6.50. The van der Waals surface area contributed by atoms with Gasteiger partial charge in [-0.3, -0.25) is 0 Å². The molecule has 0 saturated heterocycles. The van der Waals surface area contributed by atoms with Crippen LogP contribution in [-0.4, -0.2) is 12.6 Å². The molecule has 0 aromatic rings. The molecular formula is C7H10Cl2O2.